The van der Waals surface area contributed by atoms with E-state index in [1.165, 1.54) is 6.07 Å². The Balaban J connectivity index is 2.55. The molecule has 0 aliphatic heterocycles. The van der Waals surface area contributed by atoms with Gasteiger partial charge in [-0.2, -0.15) is 0 Å². The molecule has 122 valence electrons. The second-order valence-electron chi connectivity index (χ2n) is 6.07. The molecule has 0 saturated heterocycles. The summed E-state index contributed by atoms with van der Waals surface area (Å²) in [5.41, 5.74) is 0.149. The van der Waals surface area contributed by atoms with Crippen molar-refractivity contribution in [1.29, 1.82) is 0 Å². The molecule has 0 bridgehead atoms. The Morgan fingerprint density at radius 3 is 2.32 bits per heavy atom. The van der Waals surface area contributed by atoms with Crippen LogP contribution in [0.25, 0.3) is 0 Å². The first-order valence-corrected chi connectivity index (χ1v) is 9.25. The molecule has 0 N–H and O–H groups in total. The highest BCUT2D eigenvalue weighted by atomic mass is 32.2. The van der Waals surface area contributed by atoms with Crippen LogP contribution >= 0.6 is 0 Å². The number of methoxy groups -OCH3 is 1. The summed E-state index contributed by atoms with van der Waals surface area (Å²) in [6, 6.07) is 2.88. The molecular weight excluding hydrogens is 307 g/mol. The predicted molar refractivity (Wildman–Crippen MR) is 81.2 cm³/mol. The van der Waals surface area contributed by atoms with Crippen LogP contribution in [0.4, 0.5) is 4.39 Å². The minimum Gasteiger partial charge on any atom is -0.465 e. The summed E-state index contributed by atoms with van der Waals surface area (Å²) >= 11 is 0. The van der Waals surface area contributed by atoms with Gasteiger partial charge in [-0.25, -0.2) is 17.6 Å². The van der Waals surface area contributed by atoms with Gasteiger partial charge in [0.15, 0.2) is 15.7 Å². The van der Waals surface area contributed by atoms with Gasteiger partial charge in [-0.05, 0) is 36.3 Å². The number of carbonyl (C=O) groups excluding carboxylic acids is 1. The maximum Gasteiger partial charge on any atom is 0.340 e. The van der Waals surface area contributed by atoms with E-state index in [1.54, 1.807) is 6.07 Å². The topological polar surface area (TPSA) is 60.4 Å². The quantitative estimate of drug-likeness (QED) is 0.799. The van der Waals surface area contributed by atoms with Gasteiger partial charge in [0.1, 0.15) is 4.90 Å². The Bertz CT molecular complexity index is 674. The first-order chi connectivity index (χ1) is 10.3. The lowest BCUT2D eigenvalue weighted by atomic mass is 9.79. The number of benzene rings is 1. The number of carbonyl (C=O) groups is 1. The minimum atomic E-state index is -3.77. The third kappa shape index (κ3) is 3.32. The summed E-state index contributed by atoms with van der Waals surface area (Å²) in [5.74, 6) is -1.24. The molecule has 0 unspecified atom stereocenters. The second-order valence-corrected chi connectivity index (χ2v) is 8.02. The molecule has 1 aromatic rings. The Labute approximate surface area is 130 Å². The van der Waals surface area contributed by atoms with Gasteiger partial charge in [0, 0.05) is 6.26 Å². The van der Waals surface area contributed by atoms with Gasteiger partial charge in [-0.3, -0.25) is 0 Å². The van der Waals surface area contributed by atoms with Crippen molar-refractivity contribution in [2.75, 3.05) is 13.4 Å². The largest absolute Gasteiger partial charge is 0.465 e. The highest BCUT2D eigenvalue weighted by molar-refractivity contribution is 7.90. The molecule has 1 aliphatic rings. The summed E-state index contributed by atoms with van der Waals surface area (Å²) in [4.78, 5) is 11.2. The van der Waals surface area contributed by atoms with Crippen LogP contribution in [0.1, 0.15) is 54.4 Å². The lowest BCUT2D eigenvalue weighted by Crippen LogP contribution is -2.17. The van der Waals surface area contributed by atoms with Crippen LogP contribution in [0.2, 0.25) is 0 Å². The van der Waals surface area contributed by atoms with Crippen molar-refractivity contribution in [2.24, 2.45) is 5.92 Å². The lowest BCUT2D eigenvalue weighted by molar-refractivity contribution is 0.0594. The maximum atomic E-state index is 14.6. The zero-order valence-corrected chi connectivity index (χ0v) is 13.9. The number of sulfone groups is 1. The number of hydrogen-bond acceptors (Lipinski definition) is 4. The number of ether oxygens (including phenoxy) is 1. The summed E-state index contributed by atoms with van der Waals surface area (Å²) < 4.78 is 43.2. The van der Waals surface area contributed by atoms with Gasteiger partial charge in [-0.1, -0.05) is 25.8 Å². The zero-order valence-electron chi connectivity index (χ0n) is 13.1. The summed E-state index contributed by atoms with van der Waals surface area (Å²) in [6.45, 7) is 2.16. The Hall–Kier alpha value is -1.43. The zero-order chi connectivity index (χ0) is 16.5. The molecule has 1 aliphatic carbocycles. The monoisotopic (exact) mass is 328 g/mol. The normalized spacial score (nSPS) is 22.4. The molecular formula is C16H21FO4S. The van der Waals surface area contributed by atoms with Crippen LogP contribution in [0.3, 0.4) is 0 Å². The molecule has 1 fully saturated rings. The van der Waals surface area contributed by atoms with Crippen LogP contribution in [-0.2, 0) is 14.6 Å². The van der Waals surface area contributed by atoms with Crippen molar-refractivity contribution >= 4 is 15.8 Å². The number of hydrogen-bond donors (Lipinski definition) is 0. The molecule has 0 atom stereocenters. The fourth-order valence-electron chi connectivity index (χ4n) is 3.11. The predicted octanol–water partition coefficient (Wildman–Crippen LogP) is 3.31. The van der Waals surface area contributed by atoms with Crippen molar-refractivity contribution < 1.29 is 22.3 Å². The van der Waals surface area contributed by atoms with E-state index >= 15 is 0 Å². The molecule has 0 radical (unpaired) electrons. The molecule has 1 aromatic carbocycles. The first kappa shape index (κ1) is 16.9. The van der Waals surface area contributed by atoms with E-state index in [9.17, 15) is 17.6 Å². The molecule has 22 heavy (non-hydrogen) atoms. The van der Waals surface area contributed by atoms with E-state index in [4.69, 9.17) is 0 Å². The summed E-state index contributed by atoms with van der Waals surface area (Å²) in [7, 11) is -2.64. The molecule has 1 saturated carbocycles. The van der Waals surface area contributed by atoms with E-state index in [0.29, 0.717) is 11.5 Å². The smallest absolute Gasteiger partial charge is 0.340 e. The fraction of sp³-hybridized carbons (Fsp3) is 0.562. The lowest BCUT2D eigenvalue weighted by Gasteiger charge is -2.28. The standard InChI is InChI=1S/C16H21FO4S/c1-10-4-6-11(7-5-10)12-8-9-13(16(18)21-2)14(17)15(12)22(3,19)20/h8-11H,4-7H2,1-3H3. The van der Waals surface area contributed by atoms with Crippen molar-refractivity contribution in [1.82, 2.24) is 0 Å². The van der Waals surface area contributed by atoms with Crippen LogP contribution < -0.4 is 0 Å². The Kier molecular flexibility index (Phi) is 4.90. The average molecular weight is 328 g/mol. The van der Waals surface area contributed by atoms with Crippen molar-refractivity contribution in [3.8, 4) is 0 Å². The Morgan fingerprint density at radius 2 is 1.82 bits per heavy atom. The van der Waals surface area contributed by atoms with Gasteiger partial charge in [-0.15, -0.1) is 0 Å². The van der Waals surface area contributed by atoms with E-state index < -0.39 is 21.6 Å². The third-order valence-corrected chi connectivity index (χ3v) is 5.52. The molecule has 0 spiro atoms. The minimum absolute atomic E-state index is 0.0159. The van der Waals surface area contributed by atoms with Gasteiger partial charge in [0.25, 0.3) is 0 Å². The second kappa shape index (κ2) is 6.36. The van der Waals surface area contributed by atoms with Gasteiger partial charge in [0.05, 0.1) is 12.7 Å². The van der Waals surface area contributed by atoms with Gasteiger partial charge < -0.3 is 4.74 Å². The van der Waals surface area contributed by atoms with Gasteiger partial charge >= 0.3 is 5.97 Å². The summed E-state index contributed by atoms with van der Waals surface area (Å²) in [6.07, 6.45) is 4.63. The molecule has 6 heteroatoms. The van der Waals surface area contributed by atoms with Crippen LogP contribution in [-0.4, -0.2) is 27.8 Å². The highest BCUT2D eigenvalue weighted by Gasteiger charge is 2.30. The van der Waals surface area contributed by atoms with Crippen LogP contribution in [0.15, 0.2) is 17.0 Å². The molecule has 2 rings (SSSR count). The fourth-order valence-corrected chi connectivity index (χ4v) is 4.21. The SMILES string of the molecule is COC(=O)c1ccc(C2CCC(C)CC2)c(S(C)(=O)=O)c1F. The van der Waals surface area contributed by atoms with E-state index in [0.717, 1.165) is 39.0 Å². The number of halogens is 1. The van der Waals surface area contributed by atoms with Crippen molar-refractivity contribution in [3.63, 3.8) is 0 Å². The van der Waals surface area contributed by atoms with Gasteiger partial charge in [0.2, 0.25) is 0 Å². The van der Waals surface area contributed by atoms with E-state index in [2.05, 4.69) is 11.7 Å². The summed E-state index contributed by atoms with van der Waals surface area (Å²) in [5, 5.41) is 0. The molecule has 0 aromatic heterocycles. The van der Waals surface area contributed by atoms with Crippen molar-refractivity contribution in [3.05, 3.63) is 29.1 Å². The molecule has 0 heterocycles. The Morgan fingerprint density at radius 1 is 1.23 bits per heavy atom. The highest BCUT2D eigenvalue weighted by Crippen LogP contribution is 2.39. The van der Waals surface area contributed by atoms with E-state index in [-0.39, 0.29) is 16.4 Å². The number of esters is 1. The molecule has 4 nitrogen and oxygen atoms in total. The van der Waals surface area contributed by atoms with Crippen LogP contribution in [0, 0.1) is 11.7 Å². The third-order valence-electron chi connectivity index (χ3n) is 4.36. The first-order valence-electron chi connectivity index (χ1n) is 7.36. The van der Waals surface area contributed by atoms with Crippen molar-refractivity contribution in [2.45, 2.75) is 43.4 Å². The van der Waals surface area contributed by atoms with Crippen LogP contribution in [0.5, 0.6) is 0 Å². The number of rotatable bonds is 3. The molecule has 0 amide bonds. The average Bonchev–Trinajstić information content (AvgIpc) is 2.45. The maximum absolute atomic E-state index is 14.6. The van der Waals surface area contributed by atoms with E-state index in [1.807, 2.05) is 0 Å².